The molecule has 0 radical (unpaired) electrons. The Hall–Kier alpha value is -1.82. The number of rotatable bonds is 2. The van der Waals surface area contributed by atoms with Crippen LogP contribution in [0, 0.1) is 18.3 Å². The zero-order chi connectivity index (χ0) is 10.7. The molecule has 3 heteroatoms. The van der Waals surface area contributed by atoms with Gasteiger partial charge in [-0.2, -0.15) is 5.26 Å². The van der Waals surface area contributed by atoms with Gasteiger partial charge in [-0.25, -0.2) is 0 Å². The lowest BCUT2D eigenvalue weighted by Crippen LogP contribution is -1.99. The second-order valence-electron chi connectivity index (χ2n) is 3.04. The minimum atomic E-state index is -0.104. The molecule has 0 spiro atoms. The van der Waals surface area contributed by atoms with Crippen molar-refractivity contribution in [3.63, 3.8) is 0 Å². The van der Waals surface area contributed by atoms with Crippen LogP contribution < -0.4 is 4.74 Å². The third-order valence-corrected chi connectivity index (χ3v) is 2.03. The molecule has 0 heterocycles. The van der Waals surface area contributed by atoms with Crippen LogP contribution in [0.2, 0.25) is 0 Å². The second-order valence-corrected chi connectivity index (χ2v) is 3.04. The number of nitrogens with zero attached hydrogens (tertiary/aromatic N) is 1. The zero-order valence-electron chi connectivity index (χ0n) is 8.42. The van der Waals surface area contributed by atoms with E-state index in [1.807, 2.05) is 13.0 Å². The van der Waals surface area contributed by atoms with Gasteiger partial charge in [0.25, 0.3) is 0 Å². The van der Waals surface area contributed by atoms with E-state index in [2.05, 4.69) is 0 Å². The van der Waals surface area contributed by atoms with Gasteiger partial charge in [0, 0.05) is 5.56 Å². The van der Waals surface area contributed by atoms with Gasteiger partial charge in [-0.1, -0.05) is 0 Å². The standard InChI is InChI=1S/C11H11NO2/c1-7-4-10(8(2)13)9(6-12)5-11(7)14-3/h4-5H,1-3H3. The van der Waals surface area contributed by atoms with Crippen LogP contribution in [0.15, 0.2) is 12.1 Å². The Balaban J connectivity index is 3.41. The third kappa shape index (κ3) is 1.74. The molecule has 0 atom stereocenters. The number of ketones is 1. The zero-order valence-corrected chi connectivity index (χ0v) is 8.42. The Bertz CT molecular complexity index is 416. The first-order valence-electron chi connectivity index (χ1n) is 4.19. The number of nitriles is 1. The minimum Gasteiger partial charge on any atom is -0.496 e. The molecule has 0 saturated heterocycles. The van der Waals surface area contributed by atoms with Crippen LogP contribution in [0.25, 0.3) is 0 Å². The van der Waals surface area contributed by atoms with Crippen LogP contribution in [-0.2, 0) is 0 Å². The van der Waals surface area contributed by atoms with E-state index in [1.165, 1.54) is 14.0 Å². The molecule has 0 aliphatic heterocycles. The molecule has 1 aromatic rings. The average Bonchev–Trinajstić information content (AvgIpc) is 2.17. The van der Waals surface area contributed by atoms with Crippen molar-refractivity contribution in [3.05, 3.63) is 28.8 Å². The number of hydrogen-bond acceptors (Lipinski definition) is 3. The summed E-state index contributed by atoms with van der Waals surface area (Å²) >= 11 is 0. The SMILES string of the molecule is COc1cc(C#N)c(C(C)=O)cc1C. The highest BCUT2D eigenvalue weighted by atomic mass is 16.5. The van der Waals surface area contributed by atoms with E-state index in [0.29, 0.717) is 16.9 Å². The van der Waals surface area contributed by atoms with E-state index < -0.39 is 0 Å². The first-order chi connectivity index (χ1) is 6.60. The molecular weight excluding hydrogens is 178 g/mol. The van der Waals surface area contributed by atoms with Gasteiger partial charge in [0.15, 0.2) is 5.78 Å². The van der Waals surface area contributed by atoms with E-state index in [4.69, 9.17) is 10.00 Å². The van der Waals surface area contributed by atoms with E-state index in [1.54, 1.807) is 12.1 Å². The Morgan fingerprint density at radius 2 is 2.14 bits per heavy atom. The minimum absolute atomic E-state index is 0.104. The fourth-order valence-electron chi connectivity index (χ4n) is 1.29. The Labute approximate surface area is 82.9 Å². The number of aryl methyl sites for hydroxylation is 1. The molecule has 1 rings (SSSR count). The Morgan fingerprint density at radius 3 is 2.57 bits per heavy atom. The number of benzene rings is 1. The van der Waals surface area contributed by atoms with E-state index in [-0.39, 0.29) is 5.78 Å². The predicted octanol–water partition coefficient (Wildman–Crippen LogP) is 2.08. The highest BCUT2D eigenvalue weighted by Gasteiger charge is 2.10. The number of carbonyl (C=O) groups is 1. The van der Waals surface area contributed by atoms with Crippen LogP contribution in [0.3, 0.4) is 0 Å². The molecule has 14 heavy (non-hydrogen) atoms. The molecule has 3 nitrogen and oxygen atoms in total. The Morgan fingerprint density at radius 1 is 1.50 bits per heavy atom. The summed E-state index contributed by atoms with van der Waals surface area (Å²) < 4.78 is 5.06. The molecule has 0 bridgehead atoms. The maximum atomic E-state index is 11.2. The van der Waals surface area contributed by atoms with Crippen molar-refractivity contribution >= 4 is 5.78 Å². The van der Waals surface area contributed by atoms with Crippen molar-refractivity contribution < 1.29 is 9.53 Å². The molecule has 0 amide bonds. The van der Waals surface area contributed by atoms with Crippen LogP contribution in [0.4, 0.5) is 0 Å². The van der Waals surface area contributed by atoms with Crippen molar-refractivity contribution in [3.8, 4) is 11.8 Å². The van der Waals surface area contributed by atoms with Crippen LogP contribution in [0.5, 0.6) is 5.75 Å². The van der Waals surface area contributed by atoms with Gasteiger partial charge in [0.05, 0.1) is 12.7 Å². The van der Waals surface area contributed by atoms with Crippen LogP contribution >= 0.6 is 0 Å². The van der Waals surface area contributed by atoms with Gasteiger partial charge in [-0.3, -0.25) is 4.79 Å². The molecule has 0 N–H and O–H groups in total. The topological polar surface area (TPSA) is 50.1 Å². The van der Waals surface area contributed by atoms with Gasteiger partial charge in [-0.05, 0) is 31.5 Å². The normalized spacial score (nSPS) is 9.29. The summed E-state index contributed by atoms with van der Waals surface area (Å²) in [5, 5.41) is 8.82. The molecule has 0 fully saturated rings. The average molecular weight is 189 g/mol. The number of Topliss-reactive ketones (excluding diaryl/α,β-unsaturated/α-hetero) is 1. The maximum absolute atomic E-state index is 11.2. The molecule has 0 saturated carbocycles. The molecule has 0 aliphatic carbocycles. The van der Waals surface area contributed by atoms with Crippen molar-refractivity contribution in [2.45, 2.75) is 13.8 Å². The summed E-state index contributed by atoms with van der Waals surface area (Å²) in [6.07, 6.45) is 0. The monoisotopic (exact) mass is 189 g/mol. The quantitative estimate of drug-likeness (QED) is 0.669. The molecule has 0 aromatic heterocycles. The van der Waals surface area contributed by atoms with Gasteiger partial charge >= 0.3 is 0 Å². The van der Waals surface area contributed by atoms with Crippen LogP contribution in [0.1, 0.15) is 28.4 Å². The third-order valence-electron chi connectivity index (χ3n) is 2.03. The molecule has 0 aliphatic rings. The summed E-state index contributed by atoms with van der Waals surface area (Å²) in [5.41, 5.74) is 1.67. The number of methoxy groups -OCH3 is 1. The summed E-state index contributed by atoms with van der Waals surface area (Å²) in [7, 11) is 1.54. The van der Waals surface area contributed by atoms with Crippen molar-refractivity contribution in [2.75, 3.05) is 7.11 Å². The Kier molecular flexibility index (Phi) is 2.88. The largest absolute Gasteiger partial charge is 0.496 e. The van der Waals surface area contributed by atoms with Gasteiger partial charge in [0.1, 0.15) is 11.8 Å². The van der Waals surface area contributed by atoms with Gasteiger partial charge in [-0.15, -0.1) is 0 Å². The number of hydrogen-bond donors (Lipinski definition) is 0. The summed E-state index contributed by atoms with van der Waals surface area (Å²) in [6, 6.07) is 5.25. The summed E-state index contributed by atoms with van der Waals surface area (Å²) in [4.78, 5) is 11.2. The molecule has 0 unspecified atom stereocenters. The second kappa shape index (κ2) is 3.93. The molecule has 1 aromatic carbocycles. The fourth-order valence-corrected chi connectivity index (χ4v) is 1.29. The lowest BCUT2D eigenvalue weighted by Gasteiger charge is -2.07. The summed E-state index contributed by atoms with van der Waals surface area (Å²) in [6.45, 7) is 3.29. The van der Waals surface area contributed by atoms with Gasteiger partial charge in [0.2, 0.25) is 0 Å². The smallest absolute Gasteiger partial charge is 0.161 e. The first kappa shape index (κ1) is 10.3. The van der Waals surface area contributed by atoms with Crippen molar-refractivity contribution in [1.29, 1.82) is 5.26 Å². The van der Waals surface area contributed by atoms with Gasteiger partial charge < -0.3 is 4.74 Å². The molecular formula is C11H11NO2. The van der Waals surface area contributed by atoms with E-state index >= 15 is 0 Å². The van der Waals surface area contributed by atoms with Crippen molar-refractivity contribution in [1.82, 2.24) is 0 Å². The number of carbonyl (C=O) groups excluding carboxylic acids is 1. The fraction of sp³-hybridized carbons (Fsp3) is 0.273. The predicted molar refractivity (Wildman–Crippen MR) is 52.5 cm³/mol. The van der Waals surface area contributed by atoms with E-state index in [9.17, 15) is 4.79 Å². The van der Waals surface area contributed by atoms with E-state index in [0.717, 1.165) is 5.56 Å². The lowest BCUT2D eigenvalue weighted by atomic mass is 10.0. The number of ether oxygens (including phenoxy) is 1. The highest BCUT2D eigenvalue weighted by Crippen LogP contribution is 2.22. The highest BCUT2D eigenvalue weighted by molar-refractivity contribution is 5.97. The molecule has 72 valence electrons. The lowest BCUT2D eigenvalue weighted by molar-refractivity contribution is 0.101. The maximum Gasteiger partial charge on any atom is 0.161 e. The summed E-state index contributed by atoms with van der Waals surface area (Å²) in [5.74, 6) is 0.527. The van der Waals surface area contributed by atoms with Crippen LogP contribution in [-0.4, -0.2) is 12.9 Å². The van der Waals surface area contributed by atoms with Crippen molar-refractivity contribution in [2.24, 2.45) is 0 Å². The first-order valence-corrected chi connectivity index (χ1v) is 4.19.